The predicted molar refractivity (Wildman–Crippen MR) is 69.8 cm³/mol. The number of thioether (sulfide) groups is 1. The summed E-state index contributed by atoms with van der Waals surface area (Å²) >= 11 is 1.55. The molecule has 1 aromatic heterocycles. The highest BCUT2D eigenvalue weighted by molar-refractivity contribution is 7.98. The number of amides is 2. The van der Waals surface area contributed by atoms with Crippen molar-refractivity contribution < 1.29 is 14.3 Å². The molecule has 2 rings (SSSR count). The van der Waals surface area contributed by atoms with Crippen LogP contribution in [-0.4, -0.2) is 52.4 Å². The summed E-state index contributed by atoms with van der Waals surface area (Å²) in [5, 5.41) is 3.66. The second-order valence-electron chi connectivity index (χ2n) is 4.11. The van der Waals surface area contributed by atoms with Crippen LogP contribution >= 0.6 is 11.8 Å². The zero-order valence-electron chi connectivity index (χ0n) is 10.9. The second-order valence-corrected chi connectivity index (χ2v) is 4.88. The van der Waals surface area contributed by atoms with Crippen molar-refractivity contribution in [2.45, 2.75) is 11.7 Å². The number of hydrogen-bond acceptors (Lipinski definition) is 5. The summed E-state index contributed by atoms with van der Waals surface area (Å²) < 4.78 is 6.68. The highest BCUT2D eigenvalue weighted by atomic mass is 32.2. The zero-order valence-corrected chi connectivity index (χ0v) is 11.7. The number of hydrogen-bond donors (Lipinski definition) is 1. The molecule has 0 aliphatic carbocycles. The number of carbonyl (C=O) groups excluding carboxylic acids is 2. The first kappa shape index (κ1) is 13.7. The molecule has 7 nitrogen and oxygen atoms in total. The largest absolute Gasteiger partial charge is 0.448 e. The molecule has 0 aromatic carbocycles. The van der Waals surface area contributed by atoms with Gasteiger partial charge in [0.25, 0.3) is 0 Å². The summed E-state index contributed by atoms with van der Waals surface area (Å²) in [4.78, 5) is 28.5. The van der Waals surface area contributed by atoms with Crippen molar-refractivity contribution >= 4 is 23.8 Å². The van der Waals surface area contributed by atoms with Gasteiger partial charge in [-0.3, -0.25) is 9.69 Å². The number of imidazole rings is 1. The molecule has 2 amide bonds. The van der Waals surface area contributed by atoms with Crippen molar-refractivity contribution in [1.29, 1.82) is 0 Å². The van der Waals surface area contributed by atoms with Crippen LogP contribution in [-0.2, 0) is 23.1 Å². The first-order valence-corrected chi connectivity index (χ1v) is 7.07. The van der Waals surface area contributed by atoms with Crippen LogP contribution in [0.4, 0.5) is 4.79 Å². The van der Waals surface area contributed by atoms with Gasteiger partial charge in [-0.2, -0.15) is 0 Å². The van der Waals surface area contributed by atoms with Gasteiger partial charge >= 0.3 is 6.09 Å². The smallest absolute Gasteiger partial charge is 0.410 e. The second kappa shape index (κ2) is 5.96. The molecule has 1 fully saturated rings. The van der Waals surface area contributed by atoms with E-state index in [2.05, 4.69) is 10.3 Å². The van der Waals surface area contributed by atoms with Crippen molar-refractivity contribution in [1.82, 2.24) is 19.8 Å². The lowest BCUT2D eigenvalue weighted by Gasteiger charge is -2.12. The van der Waals surface area contributed by atoms with Crippen molar-refractivity contribution in [2.75, 3.05) is 26.0 Å². The van der Waals surface area contributed by atoms with E-state index in [0.29, 0.717) is 19.7 Å². The van der Waals surface area contributed by atoms with Crippen LogP contribution in [0, 0.1) is 0 Å². The Morgan fingerprint density at radius 3 is 3.00 bits per heavy atom. The van der Waals surface area contributed by atoms with E-state index in [4.69, 9.17) is 4.74 Å². The maximum absolute atomic E-state index is 11.7. The SMILES string of the molecule is CSc1ncc(CNC(=O)CN2CCOC2=O)n1C. The summed E-state index contributed by atoms with van der Waals surface area (Å²) in [6.45, 7) is 1.25. The zero-order chi connectivity index (χ0) is 13.8. The van der Waals surface area contributed by atoms with Crippen LogP contribution in [0.15, 0.2) is 11.4 Å². The van der Waals surface area contributed by atoms with Crippen molar-refractivity contribution in [3.63, 3.8) is 0 Å². The van der Waals surface area contributed by atoms with Crippen LogP contribution in [0.3, 0.4) is 0 Å². The molecular formula is C11H16N4O3S. The van der Waals surface area contributed by atoms with E-state index in [1.807, 2.05) is 17.9 Å². The molecule has 0 unspecified atom stereocenters. The Balaban J connectivity index is 1.83. The van der Waals surface area contributed by atoms with Crippen LogP contribution in [0.1, 0.15) is 5.69 Å². The maximum atomic E-state index is 11.7. The number of rotatable bonds is 5. The fourth-order valence-corrected chi connectivity index (χ4v) is 2.32. The van der Waals surface area contributed by atoms with Crippen LogP contribution < -0.4 is 5.32 Å². The molecule has 1 aliphatic rings. The number of nitrogens with one attached hydrogen (secondary N) is 1. The summed E-state index contributed by atoms with van der Waals surface area (Å²) in [5.41, 5.74) is 0.918. The lowest BCUT2D eigenvalue weighted by atomic mass is 10.4. The highest BCUT2D eigenvalue weighted by Gasteiger charge is 2.23. The minimum atomic E-state index is -0.430. The van der Waals surface area contributed by atoms with E-state index in [9.17, 15) is 9.59 Å². The van der Waals surface area contributed by atoms with Crippen molar-refractivity contribution in [2.24, 2.45) is 7.05 Å². The van der Waals surface area contributed by atoms with Gasteiger partial charge in [0.1, 0.15) is 13.2 Å². The van der Waals surface area contributed by atoms with Crippen molar-refractivity contribution in [3.8, 4) is 0 Å². The topological polar surface area (TPSA) is 76.5 Å². The first-order valence-electron chi connectivity index (χ1n) is 5.85. The lowest BCUT2D eigenvalue weighted by Crippen LogP contribution is -2.37. The Morgan fingerprint density at radius 1 is 1.63 bits per heavy atom. The van der Waals surface area contributed by atoms with Gasteiger partial charge < -0.3 is 14.6 Å². The molecule has 8 heteroatoms. The third-order valence-corrected chi connectivity index (χ3v) is 3.61. The molecule has 0 atom stereocenters. The highest BCUT2D eigenvalue weighted by Crippen LogP contribution is 2.13. The molecule has 1 N–H and O–H groups in total. The molecular weight excluding hydrogens is 268 g/mol. The predicted octanol–water partition coefficient (Wildman–Crippen LogP) is 0.210. The van der Waals surface area contributed by atoms with E-state index in [-0.39, 0.29) is 12.5 Å². The molecule has 0 spiro atoms. The Hall–Kier alpha value is -1.70. The van der Waals surface area contributed by atoms with Gasteiger partial charge in [-0.05, 0) is 6.26 Å². The quantitative estimate of drug-likeness (QED) is 0.782. The third kappa shape index (κ3) is 3.19. The van der Waals surface area contributed by atoms with Crippen LogP contribution in [0.2, 0.25) is 0 Å². The number of carbonyl (C=O) groups is 2. The average Bonchev–Trinajstić information content (AvgIpc) is 2.94. The maximum Gasteiger partial charge on any atom is 0.410 e. The molecule has 0 radical (unpaired) electrons. The normalized spacial score (nSPS) is 14.6. The van der Waals surface area contributed by atoms with Gasteiger partial charge in [0.15, 0.2) is 5.16 Å². The summed E-state index contributed by atoms with van der Waals surface area (Å²) in [7, 11) is 1.90. The fraction of sp³-hybridized carbons (Fsp3) is 0.545. The van der Waals surface area contributed by atoms with Crippen molar-refractivity contribution in [3.05, 3.63) is 11.9 Å². The number of cyclic esters (lactones) is 1. The minimum Gasteiger partial charge on any atom is -0.448 e. The average molecular weight is 284 g/mol. The number of ether oxygens (including phenoxy) is 1. The molecule has 19 heavy (non-hydrogen) atoms. The van der Waals surface area contributed by atoms with Gasteiger partial charge in [0.05, 0.1) is 25.0 Å². The first-order chi connectivity index (χ1) is 9.11. The third-order valence-electron chi connectivity index (χ3n) is 2.87. The Kier molecular flexibility index (Phi) is 4.31. The number of nitrogens with zero attached hydrogens (tertiary/aromatic N) is 3. The van der Waals surface area contributed by atoms with Gasteiger partial charge in [-0.25, -0.2) is 9.78 Å². The minimum absolute atomic E-state index is 0.0338. The van der Waals surface area contributed by atoms with Crippen LogP contribution in [0.25, 0.3) is 0 Å². The molecule has 0 saturated carbocycles. The van der Waals surface area contributed by atoms with E-state index >= 15 is 0 Å². The van der Waals surface area contributed by atoms with E-state index in [1.165, 1.54) is 4.90 Å². The molecule has 1 aromatic rings. The van der Waals surface area contributed by atoms with Gasteiger partial charge in [-0.15, -0.1) is 0 Å². The van der Waals surface area contributed by atoms with E-state index in [1.54, 1.807) is 18.0 Å². The molecule has 104 valence electrons. The molecule has 1 aliphatic heterocycles. The summed E-state index contributed by atoms with van der Waals surface area (Å²) in [6.07, 6.45) is 3.25. The van der Waals surface area contributed by atoms with Gasteiger partial charge in [0.2, 0.25) is 5.91 Å². The number of aromatic nitrogens is 2. The Labute approximate surface area is 115 Å². The Morgan fingerprint density at radius 2 is 2.42 bits per heavy atom. The Bertz CT molecular complexity index is 488. The van der Waals surface area contributed by atoms with E-state index in [0.717, 1.165) is 10.9 Å². The summed E-state index contributed by atoms with van der Waals surface area (Å²) in [6, 6.07) is 0. The molecule has 0 bridgehead atoms. The van der Waals surface area contributed by atoms with Gasteiger partial charge in [0, 0.05) is 7.05 Å². The lowest BCUT2D eigenvalue weighted by molar-refractivity contribution is -0.121. The summed E-state index contributed by atoms with van der Waals surface area (Å²) in [5.74, 6) is -0.203. The fourth-order valence-electron chi connectivity index (χ4n) is 1.77. The standard InChI is InChI=1S/C11H16N4O3S/c1-14-8(6-13-10(14)19-2)5-12-9(16)7-15-3-4-18-11(15)17/h6H,3-5,7H2,1-2H3,(H,12,16). The molecule has 2 heterocycles. The van der Waals surface area contributed by atoms with E-state index < -0.39 is 6.09 Å². The van der Waals surface area contributed by atoms with Crippen LogP contribution in [0.5, 0.6) is 0 Å². The monoisotopic (exact) mass is 284 g/mol. The van der Waals surface area contributed by atoms with Gasteiger partial charge in [-0.1, -0.05) is 11.8 Å². The molecule has 1 saturated heterocycles.